The number of thiophene rings is 1. The van der Waals surface area contributed by atoms with E-state index in [-0.39, 0.29) is 18.3 Å². The molecule has 3 saturated heterocycles. The van der Waals surface area contributed by atoms with Crippen LogP contribution in [-0.2, 0) is 0 Å². The smallest absolute Gasteiger partial charge is 0.261 e. The van der Waals surface area contributed by atoms with E-state index in [1.165, 1.54) is 42.6 Å². The van der Waals surface area contributed by atoms with Crippen LogP contribution in [0.15, 0.2) is 30.3 Å². The summed E-state index contributed by atoms with van der Waals surface area (Å²) in [5.74, 6) is 2.36. The topological polar surface area (TPSA) is 32.3 Å². The lowest BCUT2D eigenvalue weighted by Crippen LogP contribution is -2.64. The highest BCUT2D eigenvalue weighted by atomic mass is 35.5. The van der Waals surface area contributed by atoms with Crippen molar-refractivity contribution in [3.05, 3.63) is 35.2 Å². The molecule has 0 unspecified atom stereocenters. The maximum Gasteiger partial charge on any atom is 0.261 e. The molecule has 4 bridgehead atoms. The van der Waals surface area contributed by atoms with Crippen LogP contribution in [-0.4, -0.2) is 36.5 Å². The molecule has 1 amide bonds. The van der Waals surface area contributed by atoms with Crippen LogP contribution in [0.3, 0.4) is 0 Å². The van der Waals surface area contributed by atoms with E-state index in [0.29, 0.717) is 17.9 Å². The fourth-order valence-corrected chi connectivity index (χ4v) is 5.93. The fourth-order valence-electron chi connectivity index (χ4n) is 4.96. The summed E-state index contributed by atoms with van der Waals surface area (Å²) in [6.07, 6.45) is 2.62. The lowest BCUT2D eigenvalue weighted by atomic mass is 9.65. The highest BCUT2D eigenvalue weighted by molar-refractivity contribution is 7.20. The number of rotatable bonds is 2. The summed E-state index contributed by atoms with van der Waals surface area (Å²) in [7, 11) is 0. The number of hydrogen-bond acceptors (Lipinski definition) is 3. The molecule has 1 saturated carbocycles. The van der Waals surface area contributed by atoms with Gasteiger partial charge in [0.15, 0.2) is 0 Å². The van der Waals surface area contributed by atoms with Crippen LogP contribution in [0.2, 0.25) is 0 Å². The van der Waals surface area contributed by atoms with Crippen LogP contribution in [0.1, 0.15) is 22.5 Å². The third kappa shape index (κ3) is 2.57. The summed E-state index contributed by atoms with van der Waals surface area (Å²) in [6, 6.07) is 10.7. The lowest BCUT2D eigenvalue weighted by molar-refractivity contribution is -0.0418. The molecule has 1 aromatic heterocycles. The number of carbonyl (C=O) groups excluding carboxylic acids is 1. The Labute approximate surface area is 146 Å². The van der Waals surface area contributed by atoms with Crippen LogP contribution < -0.4 is 5.32 Å². The quantitative estimate of drug-likeness (QED) is 0.902. The van der Waals surface area contributed by atoms with Crippen molar-refractivity contribution in [2.24, 2.45) is 17.8 Å². The highest BCUT2D eigenvalue weighted by Crippen LogP contribution is 2.43. The van der Waals surface area contributed by atoms with Gasteiger partial charge in [-0.3, -0.25) is 4.79 Å². The van der Waals surface area contributed by atoms with Crippen molar-refractivity contribution < 1.29 is 4.79 Å². The molecule has 4 heterocycles. The molecule has 2 atom stereocenters. The van der Waals surface area contributed by atoms with Crippen molar-refractivity contribution in [3.63, 3.8) is 0 Å². The minimum absolute atomic E-state index is 0. The SMILES string of the molecule is Cl.O=C(NC1[C@H]2CC3C[C@H]1CN(C3)C2)c1cc2ccccc2s1. The number of hydrogen-bond donors (Lipinski definition) is 1. The zero-order valence-electron chi connectivity index (χ0n) is 12.9. The van der Waals surface area contributed by atoms with Gasteiger partial charge in [-0.25, -0.2) is 0 Å². The average Bonchev–Trinajstić information content (AvgIpc) is 2.94. The summed E-state index contributed by atoms with van der Waals surface area (Å²) in [5.41, 5.74) is 0. The first-order chi connectivity index (χ1) is 10.8. The van der Waals surface area contributed by atoms with E-state index in [2.05, 4.69) is 22.3 Å². The standard InChI is InChI=1S/C18H20N2OS.ClH/c21-18(16-7-12-3-1-2-4-15(12)22-16)19-17-13-5-11-6-14(17)10-20(8-11)9-13;/h1-4,7,11,13-14,17H,5-6,8-10H2,(H,19,21);1H/t11?,13-,14-,17?;/m0./s1. The Kier molecular flexibility index (Phi) is 3.87. The van der Waals surface area contributed by atoms with Crippen molar-refractivity contribution in [1.82, 2.24) is 10.2 Å². The van der Waals surface area contributed by atoms with E-state index >= 15 is 0 Å². The minimum atomic E-state index is 0. The van der Waals surface area contributed by atoms with E-state index in [1.54, 1.807) is 11.3 Å². The monoisotopic (exact) mass is 348 g/mol. The number of nitrogens with zero attached hydrogens (tertiary/aromatic N) is 1. The van der Waals surface area contributed by atoms with Crippen LogP contribution in [0.4, 0.5) is 0 Å². The summed E-state index contributed by atoms with van der Waals surface area (Å²) in [5, 5.41) is 4.56. The lowest BCUT2D eigenvalue weighted by Gasteiger charge is -2.55. The predicted molar refractivity (Wildman–Crippen MR) is 96.5 cm³/mol. The van der Waals surface area contributed by atoms with Gasteiger partial charge in [-0.05, 0) is 48.1 Å². The first-order valence-electron chi connectivity index (χ1n) is 8.28. The number of piperidine rings is 3. The number of fused-ring (bicyclic) bond motifs is 1. The predicted octanol–water partition coefficient (Wildman–Crippen LogP) is 3.39. The van der Waals surface area contributed by atoms with Gasteiger partial charge in [0.25, 0.3) is 5.91 Å². The Hall–Kier alpha value is -1.10. The van der Waals surface area contributed by atoms with Gasteiger partial charge in [0.1, 0.15) is 0 Å². The fraction of sp³-hybridized carbons (Fsp3) is 0.500. The van der Waals surface area contributed by atoms with Crippen molar-refractivity contribution in [3.8, 4) is 0 Å². The third-order valence-electron chi connectivity index (χ3n) is 5.74. The normalized spacial score (nSPS) is 34.3. The Morgan fingerprint density at radius 1 is 1.13 bits per heavy atom. The van der Waals surface area contributed by atoms with Crippen molar-refractivity contribution >= 4 is 39.7 Å². The van der Waals surface area contributed by atoms with Crippen molar-refractivity contribution in [1.29, 1.82) is 0 Å². The van der Waals surface area contributed by atoms with Gasteiger partial charge in [0.05, 0.1) is 4.88 Å². The number of nitrogens with one attached hydrogen (secondary N) is 1. The number of carbonyl (C=O) groups is 1. The van der Waals surface area contributed by atoms with Gasteiger partial charge in [0.2, 0.25) is 0 Å². The summed E-state index contributed by atoms with van der Waals surface area (Å²) in [6.45, 7) is 3.67. The first-order valence-corrected chi connectivity index (χ1v) is 9.10. The van der Waals surface area contributed by atoms with Gasteiger partial charge >= 0.3 is 0 Å². The van der Waals surface area contributed by atoms with Crippen LogP contribution in [0.25, 0.3) is 10.1 Å². The molecule has 4 fully saturated rings. The van der Waals surface area contributed by atoms with E-state index in [4.69, 9.17) is 0 Å². The molecule has 1 aliphatic carbocycles. The van der Waals surface area contributed by atoms with E-state index in [1.807, 2.05) is 18.2 Å². The molecular weight excluding hydrogens is 328 g/mol. The second kappa shape index (κ2) is 5.76. The maximum absolute atomic E-state index is 12.7. The molecule has 1 aromatic carbocycles. The molecule has 0 radical (unpaired) electrons. The average molecular weight is 349 g/mol. The summed E-state index contributed by atoms with van der Waals surface area (Å²) in [4.78, 5) is 16.2. The zero-order chi connectivity index (χ0) is 14.7. The molecule has 1 N–H and O–H groups in total. The third-order valence-corrected chi connectivity index (χ3v) is 6.85. The van der Waals surface area contributed by atoms with Crippen LogP contribution in [0, 0.1) is 17.8 Å². The number of halogens is 1. The van der Waals surface area contributed by atoms with Gasteiger partial charge < -0.3 is 10.2 Å². The largest absolute Gasteiger partial charge is 0.348 e. The van der Waals surface area contributed by atoms with E-state index in [9.17, 15) is 4.79 Å². The van der Waals surface area contributed by atoms with Crippen LogP contribution >= 0.6 is 23.7 Å². The molecule has 0 spiro atoms. The molecule has 122 valence electrons. The summed E-state index contributed by atoms with van der Waals surface area (Å²) >= 11 is 1.61. The zero-order valence-corrected chi connectivity index (χ0v) is 14.5. The maximum atomic E-state index is 12.7. The van der Waals surface area contributed by atoms with Gasteiger partial charge in [0, 0.05) is 30.4 Å². The molecule has 2 aromatic rings. The highest BCUT2D eigenvalue weighted by Gasteiger charge is 2.47. The Morgan fingerprint density at radius 2 is 1.87 bits per heavy atom. The van der Waals surface area contributed by atoms with Crippen LogP contribution in [0.5, 0.6) is 0 Å². The van der Waals surface area contributed by atoms with Gasteiger partial charge in [-0.2, -0.15) is 0 Å². The van der Waals surface area contributed by atoms with E-state index < -0.39 is 0 Å². The first kappa shape index (κ1) is 15.4. The van der Waals surface area contributed by atoms with Crippen molar-refractivity contribution in [2.75, 3.05) is 19.6 Å². The second-order valence-electron chi connectivity index (χ2n) is 7.22. The summed E-state index contributed by atoms with van der Waals surface area (Å²) < 4.78 is 1.20. The molecule has 3 aliphatic heterocycles. The van der Waals surface area contributed by atoms with Crippen molar-refractivity contribution in [2.45, 2.75) is 18.9 Å². The Morgan fingerprint density at radius 3 is 2.57 bits per heavy atom. The van der Waals surface area contributed by atoms with Gasteiger partial charge in [-0.1, -0.05) is 18.2 Å². The molecule has 23 heavy (non-hydrogen) atoms. The second-order valence-corrected chi connectivity index (χ2v) is 8.31. The molecule has 5 heteroatoms. The number of amides is 1. The Bertz CT molecular complexity index is 682. The molecule has 6 rings (SSSR count). The Balaban J connectivity index is 0.00000135. The van der Waals surface area contributed by atoms with Gasteiger partial charge in [-0.15, -0.1) is 23.7 Å². The molecule has 4 aliphatic rings. The molecule has 3 nitrogen and oxygen atoms in total. The minimum Gasteiger partial charge on any atom is -0.348 e. The number of benzene rings is 1. The van der Waals surface area contributed by atoms with E-state index in [0.717, 1.165) is 10.8 Å². The molecular formula is C18H21ClN2OS.